The van der Waals surface area contributed by atoms with Crippen LogP contribution in [0.2, 0.25) is 0 Å². The second-order valence-corrected chi connectivity index (χ2v) is 17.2. The summed E-state index contributed by atoms with van der Waals surface area (Å²) in [7, 11) is 0. The van der Waals surface area contributed by atoms with Gasteiger partial charge >= 0.3 is 6.09 Å². The van der Waals surface area contributed by atoms with E-state index in [0.29, 0.717) is 79.9 Å². The average molecular weight is 893 g/mol. The van der Waals surface area contributed by atoms with E-state index < -0.39 is 17.6 Å². The molecule has 2 saturated heterocycles. The van der Waals surface area contributed by atoms with E-state index in [1.165, 1.54) is 24.3 Å². The zero-order valence-electron chi connectivity index (χ0n) is 37.1. The molecule has 4 heterocycles. The normalized spacial score (nSPS) is 15.3. The summed E-state index contributed by atoms with van der Waals surface area (Å²) in [6.07, 6.45) is 3.38. The van der Waals surface area contributed by atoms with Crippen LogP contribution >= 0.6 is 0 Å². The van der Waals surface area contributed by atoms with Crippen molar-refractivity contribution in [1.29, 1.82) is 0 Å². The van der Waals surface area contributed by atoms with Gasteiger partial charge in [-0.1, -0.05) is 0 Å². The van der Waals surface area contributed by atoms with E-state index in [1.54, 1.807) is 55.1 Å². The van der Waals surface area contributed by atoms with E-state index in [1.807, 2.05) is 54.5 Å². The van der Waals surface area contributed by atoms with Gasteiger partial charge in [-0.05, 0) is 126 Å². The summed E-state index contributed by atoms with van der Waals surface area (Å²) < 4.78 is 47.7. The molecule has 4 aromatic carbocycles. The number of amides is 3. The van der Waals surface area contributed by atoms with Gasteiger partial charge in [0.25, 0.3) is 0 Å². The number of fused-ring (bicyclic) bond motifs is 2. The average Bonchev–Trinajstić information content (AvgIpc) is 3.84. The van der Waals surface area contributed by atoms with Crippen molar-refractivity contribution in [3.8, 4) is 23.0 Å². The van der Waals surface area contributed by atoms with Crippen molar-refractivity contribution in [3.05, 3.63) is 108 Å². The van der Waals surface area contributed by atoms with Crippen LogP contribution in [0.5, 0.6) is 23.0 Å². The number of rotatable bonds is 11. The molecule has 3 N–H and O–H groups in total. The van der Waals surface area contributed by atoms with E-state index in [9.17, 15) is 28.0 Å². The number of aldehydes is 1. The Morgan fingerprint density at radius 2 is 1.20 bits per heavy atom. The molecule has 0 radical (unpaired) electrons. The SMILES string of the molecule is CC(=O)N1CCC(n2c(CN[C@@H](C)C(N)=O)nc3ccc(Oc4ccc(F)cc4)cc32)CC1.CC(C)(C)OC(=O)N1CCC(n2c(C=O)nc3ccc(Oc4ccc(F)cc4)cc32)CC1. The monoisotopic (exact) mass is 892 g/mol. The van der Waals surface area contributed by atoms with Crippen LogP contribution in [0.1, 0.15) is 88.8 Å². The van der Waals surface area contributed by atoms with Gasteiger partial charge in [0.05, 0.1) is 34.7 Å². The van der Waals surface area contributed by atoms with Crippen molar-refractivity contribution >= 4 is 46.3 Å². The molecule has 17 heteroatoms. The molecular weight excluding hydrogens is 839 g/mol. The number of primary amides is 1. The number of halogens is 2. The number of piperidine rings is 2. The quantitative estimate of drug-likeness (QED) is 0.120. The van der Waals surface area contributed by atoms with Gasteiger partial charge in [0.1, 0.15) is 46.1 Å². The number of hydrogen-bond acceptors (Lipinski definition) is 10. The first-order valence-electron chi connectivity index (χ1n) is 21.7. The third-order valence-electron chi connectivity index (χ3n) is 11.4. The van der Waals surface area contributed by atoms with Gasteiger partial charge in [0, 0.05) is 57.3 Å². The molecule has 2 aliphatic heterocycles. The Bertz CT molecular complexity index is 2640. The second-order valence-electron chi connectivity index (χ2n) is 17.2. The van der Waals surface area contributed by atoms with Crippen molar-refractivity contribution in [1.82, 2.24) is 34.2 Å². The molecule has 15 nitrogen and oxygen atoms in total. The van der Waals surface area contributed by atoms with Crippen LogP contribution in [-0.4, -0.2) is 90.9 Å². The van der Waals surface area contributed by atoms with E-state index in [4.69, 9.17) is 24.9 Å². The predicted octanol–water partition coefficient (Wildman–Crippen LogP) is 8.47. The molecule has 8 rings (SSSR count). The summed E-state index contributed by atoms with van der Waals surface area (Å²) in [6.45, 7) is 11.6. The molecule has 0 saturated carbocycles. The maximum Gasteiger partial charge on any atom is 0.410 e. The van der Waals surface area contributed by atoms with Crippen molar-refractivity contribution in [2.24, 2.45) is 5.73 Å². The molecule has 342 valence electrons. The zero-order valence-corrected chi connectivity index (χ0v) is 37.1. The molecule has 1 atom stereocenters. The fraction of sp³-hybridized carbons (Fsp3) is 0.375. The first-order chi connectivity index (χ1) is 31.0. The Kier molecular flexibility index (Phi) is 14.1. The largest absolute Gasteiger partial charge is 0.457 e. The van der Waals surface area contributed by atoms with E-state index in [-0.39, 0.29) is 35.7 Å². The number of aromatic nitrogens is 4. The van der Waals surface area contributed by atoms with Gasteiger partial charge in [-0.15, -0.1) is 0 Å². The van der Waals surface area contributed by atoms with Crippen molar-refractivity contribution < 1.29 is 42.2 Å². The maximum absolute atomic E-state index is 13.2. The summed E-state index contributed by atoms with van der Waals surface area (Å²) in [6, 6.07) is 22.3. The molecule has 0 aliphatic carbocycles. The first-order valence-corrected chi connectivity index (χ1v) is 21.7. The fourth-order valence-electron chi connectivity index (χ4n) is 8.03. The van der Waals surface area contributed by atoms with Gasteiger partial charge in [-0.25, -0.2) is 23.5 Å². The molecule has 0 spiro atoms. The molecule has 2 aromatic heterocycles. The number of imidazole rings is 2. The van der Waals surface area contributed by atoms with Crippen molar-refractivity contribution in [2.75, 3.05) is 26.2 Å². The molecule has 6 aromatic rings. The van der Waals surface area contributed by atoms with Gasteiger partial charge in [0.15, 0.2) is 12.1 Å². The molecule has 0 bridgehead atoms. The number of benzene rings is 4. The lowest BCUT2D eigenvalue weighted by atomic mass is 10.0. The predicted molar refractivity (Wildman–Crippen MR) is 240 cm³/mol. The maximum atomic E-state index is 13.2. The van der Waals surface area contributed by atoms with Crippen molar-refractivity contribution in [2.45, 2.75) is 90.6 Å². The lowest BCUT2D eigenvalue weighted by Crippen LogP contribution is -2.42. The van der Waals surface area contributed by atoms with Crippen LogP contribution < -0.4 is 20.5 Å². The Morgan fingerprint density at radius 1 is 0.738 bits per heavy atom. The lowest BCUT2D eigenvalue weighted by Gasteiger charge is -2.34. The molecule has 2 aliphatic rings. The summed E-state index contributed by atoms with van der Waals surface area (Å²) in [5.74, 6) is 2.35. The molecule has 0 unspecified atom stereocenters. The number of ether oxygens (including phenoxy) is 3. The minimum atomic E-state index is -0.542. The Hall–Kier alpha value is -6.88. The number of carbonyl (C=O) groups excluding carboxylic acids is 4. The highest BCUT2D eigenvalue weighted by atomic mass is 19.1. The van der Waals surface area contributed by atoms with Gasteiger partial charge in [0.2, 0.25) is 11.8 Å². The van der Waals surface area contributed by atoms with Crippen LogP contribution in [0, 0.1) is 11.6 Å². The van der Waals surface area contributed by atoms with E-state index in [2.05, 4.69) is 14.9 Å². The number of nitrogens with one attached hydrogen (secondary N) is 1. The number of hydrogen-bond donors (Lipinski definition) is 2. The van der Waals surface area contributed by atoms with Crippen LogP contribution in [0.3, 0.4) is 0 Å². The highest BCUT2D eigenvalue weighted by Gasteiger charge is 2.30. The minimum absolute atomic E-state index is 0.0138. The Balaban J connectivity index is 0.000000194. The summed E-state index contributed by atoms with van der Waals surface area (Å²) in [5.41, 5.74) is 8.03. The number of carbonyl (C=O) groups is 4. The van der Waals surface area contributed by atoms with E-state index in [0.717, 1.165) is 41.5 Å². The number of nitrogens with two attached hydrogens (primary N) is 1. The van der Waals surface area contributed by atoms with Crippen molar-refractivity contribution in [3.63, 3.8) is 0 Å². The number of likely N-dealkylation sites (tertiary alicyclic amines) is 2. The summed E-state index contributed by atoms with van der Waals surface area (Å²) in [5, 5.41) is 3.14. The molecular formula is C48H54F2N8O7. The van der Waals surface area contributed by atoms with Crippen LogP contribution in [0.25, 0.3) is 22.1 Å². The van der Waals surface area contributed by atoms with Crippen LogP contribution in [-0.2, 0) is 20.9 Å². The third kappa shape index (κ3) is 11.4. The van der Waals surface area contributed by atoms with Crippen LogP contribution in [0.4, 0.5) is 13.6 Å². The highest BCUT2D eigenvalue weighted by molar-refractivity contribution is 5.84. The topological polar surface area (TPSA) is 176 Å². The lowest BCUT2D eigenvalue weighted by molar-refractivity contribution is -0.130. The smallest absolute Gasteiger partial charge is 0.410 e. The standard InChI is InChI=1S/C24H28FN5O3.C24H26FN3O4/c1-15(24(26)32)27-14-23-28-21-8-7-20(33-19-5-3-17(25)4-6-19)13-22(21)30(23)18-9-11-29(12-10-18)16(2)31;1-24(2,3)32-23(30)27-12-10-17(11-13-27)28-21-14-19(8-9-20(21)26-22(28)15-29)31-18-6-4-16(25)5-7-18/h3-8,13,15,18,27H,9-12,14H2,1-2H3,(H2,26,32);4-9,14-15,17H,10-13H2,1-3H3/t15-;/m0./s1. The van der Waals surface area contributed by atoms with Gasteiger partial charge < -0.3 is 38.9 Å². The van der Waals surface area contributed by atoms with Gasteiger partial charge in [-0.3, -0.25) is 19.7 Å². The minimum Gasteiger partial charge on any atom is -0.457 e. The van der Waals surface area contributed by atoms with E-state index >= 15 is 0 Å². The summed E-state index contributed by atoms with van der Waals surface area (Å²) in [4.78, 5) is 60.2. The molecule has 2 fully saturated rings. The third-order valence-corrected chi connectivity index (χ3v) is 11.4. The first kappa shape index (κ1) is 46.1. The Morgan fingerprint density at radius 3 is 1.68 bits per heavy atom. The van der Waals surface area contributed by atoms with Crippen LogP contribution in [0.15, 0.2) is 84.9 Å². The molecule has 3 amide bonds. The zero-order chi connectivity index (χ0) is 46.4. The Labute approximate surface area is 375 Å². The molecule has 65 heavy (non-hydrogen) atoms. The number of nitrogens with zero attached hydrogens (tertiary/aromatic N) is 6. The highest BCUT2D eigenvalue weighted by Crippen LogP contribution is 2.34. The fourth-order valence-corrected chi connectivity index (χ4v) is 8.03. The summed E-state index contributed by atoms with van der Waals surface area (Å²) >= 11 is 0. The second kappa shape index (κ2) is 19.9. The van der Waals surface area contributed by atoms with Gasteiger partial charge in [-0.2, -0.15) is 0 Å².